The molecule has 0 bridgehead atoms. The van der Waals surface area contributed by atoms with Gasteiger partial charge in [-0.1, -0.05) is 19.1 Å². The largest absolute Gasteiger partial charge is 0.391 e. The lowest BCUT2D eigenvalue weighted by molar-refractivity contribution is 0.285. The molecule has 2 aromatic rings. The van der Waals surface area contributed by atoms with Gasteiger partial charge in [-0.25, -0.2) is 0 Å². The Morgan fingerprint density at radius 1 is 1.43 bits per heavy atom. The van der Waals surface area contributed by atoms with E-state index in [1.807, 2.05) is 0 Å². The van der Waals surface area contributed by atoms with Crippen LogP contribution in [0.15, 0.2) is 18.2 Å². The first-order valence-electron chi connectivity index (χ1n) is 4.57. The zero-order valence-electron chi connectivity index (χ0n) is 7.88. The second kappa shape index (κ2) is 4.16. The van der Waals surface area contributed by atoms with E-state index in [4.69, 9.17) is 0 Å². The Hall–Kier alpha value is -0.130. The third-order valence-electron chi connectivity index (χ3n) is 2.33. The summed E-state index contributed by atoms with van der Waals surface area (Å²) in [7, 11) is 0. The fourth-order valence-electron chi connectivity index (χ4n) is 1.62. The lowest BCUT2D eigenvalue weighted by atomic mass is 10.1. The number of aliphatic hydroxyl groups excluding tert-OH is 1. The van der Waals surface area contributed by atoms with Gasteiger partial charge in [0.2, 0.25) is 0 Å². The molecule has 0 amide bonds. The molecular weight excluding hydrogens is 307 g/mol. The lowest BCUT2D eigenvalue weighted by Crippen LogP contribution is -1.84. The van der Waals surface area contributed by atoms with Crippen molar-refractivity contribution in [2.45, 2.75) is 20.0 Å². The van der Waals surface area contributed by atoms with Crippen LogP contribution in [0.4, 0.5) is 0 Å². The second-order valence-electron chi connectivity index (χ2n) is 3.14. The van der Waals surface area contributed by atoms with E-state index < -0.39 is 0 Å². The van der Waals surface area contributed by atoms with Gasteiger partial charge in [-0.15, -0.1) is 11.3 Å². The number of rotatable bonds is 2. The minimum Gasteiger partial charge on any atom is -0.391 e. The van der Waals surface area contributed by atoms with Gasteiger partial charge in [0.25, 0.3) is 0 Å². The van der Waals surface area contributed by atoms with E-state index in [1.54, 1.807) is 11.3 Å². The molecule has 0 aliphatic rings. The summed E-state index contributed by atoms with van der Waals surface area (Å²) in [6.07, 6.45) is 1.05. The molecule has 74 valence electrons. The van der Waals surface area contributed by atoms with Crippen LogP contribution < -0.4 is 0 Å². The summed E-state index contributed by atoms with van der Waals surface area (Å²) in [6, 6.07) is 6.38. The van der Waals surface area contributed by atoms with Crippen LogP contribution in [0.25, 0.3) is 10.1 Å². The number of benzene rings is 1. The molecule has 0 radical (unpaired) electrons. The van der Waals surface area contributed by atoms with E-state index in [0.29, 0.717) is 0 Å². The van der Waals surface area contributed by atoms with Crippen molar-refractivity contribution in [1.82, 2.24) is 0 Å². The van der Waals surface area contributed by atoms with Crippen LogP contribution in [0, 0.1) is 3.57 Å². The van der Waals surface area contributed by atoms with Gasteiger partial charge in [0, 0.05) is 18.5 Å². The third-order valence-corrected chi connectivity index (χ3v) is 5.03. The van der Waals surface area contributed by atoms with Crippen molar-refractivity contribution in [3.63, 3.8) is 0 Å². The molecule has 0 atom stereocenters. The molecule has 2 rings (SSSR count). The zero-order valence-corrected chi connectivity index (χ0v) is 10.9. The molecule has 0 aliphatic carbocycles. The van der Waals surface area contributed by atoms with Crippen LogP contribution in [-0.2, 0) is 13.0 Å². The first kappa shape index (κ1) is 10.4. The Balaban J connectivity index is 2.79. The standard InChI is InChI=1S/C11H11IOS/c1-2-7-4-3-5-8-10(7)11(12)9(6-13)14-8/h3-5,13H,2,6H2,1H3. The summed E-state index contributed by atoms with van der Waals surface area (Å²) in [6.45, 7) is 2.32. The number of thiophene rings is 1. The maximum Gasteiger partial charge on any atom is 0.0785 e. The van der Waals surface area contributed by atoms with E-state index in [0.717, 1.165) is 11.3 Å². The van der Waals surface area contributed by atoms with Crippen LogP contribution in [0.5, 0.6) is 0 Å². The first-order chi connectivity index (χ1) is 6.77. The highest BCUT2D eigenvalue weighted by Gasteiger charge is 2.11. The Morgan fingerprint density at radius 2 is 2.21 bits per heavy atom. The molecule has 0 saturated carbocycles. The third kappa shape index (κ3) is 1.57. The van der Waals surface area contributed by atoms with Crippen molar-refractivity contribution < 1.29 is 5.11 Å². The van der Waals surface area contributed by atoms with Crippen molar-refractivity contribution in [1.29, 1.82) is 0 Å². The molecule has 3 heteroatoms. The van der Waals surface area contributed by atoms with E-state index in [-0.39, 0.29) is 6.61 Å². The smallest absolute Gasteiger partial charge is 0.0785 e. The molecule has 1 nitrogen and oxygen atoms in total. The highest BCUT2D eigenvalue weighted by atomic mass is 127. The number of hydrogen-bond acceptors (Lipinski definition) is 2. The second-order valence-corrected chi connectivity index (χ2v) is 5.36. The Bertz CT molecular complexity index is 462. The fraction of sp³-hybridized carbons (Fsp3) is 0.273. The summed E-state index contributed by atoms with van der Waals surface area (Å²) in [5.74, 6) is 0. The molecule has 0 spiro atoms. The van der Waals surface area contributed by atoms with Crippen molar-refractivity contribution in [2.24, 2.45) is 0 Å². The van der Waals surface area contributed by atoms with Crippen molar-refractivity contribution in [3.8, 4) is 0 Å². The lowest BCUT2D eigenvalue weighted by Gasteiger charge is -1.99. The summed E-state index contributed by atoms with van der Waals surface area (Å²) < 4.78 is 2.51. The Kier molecular flexibility index (Phi) is 3.09. The van der Waals surface area contributed by atoms with Gasteiger partial charge in [0.05, 0.1) is 6.61 Å². The maximum absolute atomic E-state index is 9.19. The van der Waals surface area contributed by atoms with Crippen molar-refractivity contribution in [2.75, 3.05) is 0 Å². The molecule has 0 unspecified atom stereocenters. The van der Waals surface area contributed by atoms with Gasteiger partial charge >= 0.3 is 0 Å². The van der Waals surface area contributed by atoms with Crippen LogP contribution in [-0.4, -0.2) is 5.11 Å². The summed E-state index contributed by atoms with van der Waals surface area (Å²) >= 11 is 4.03. The zero-order chi connectivity index (χ0) is 10.1. The minimum absolute atomic E-state index is 0.154. The minimum atomic E-state index is 0.154. The molecule has 1 heterocycles. The topological polar surface area (TPSA) is 20.2 Å². The van der Waals surface area contributed by atoms with Gasteiger partial charge in [-0.2, -0.15) is 0 Å². The van der Waals surface area contributed by atoms with Gasteiger partial charge in [-0.05, 0) is 40.6 Å². The number of halogens is 1. The Labute approximate surface area is 101 Å². The van der Waals surface area contributed by atoms with Crippen LogP contribution in [0.3, 0.4) is 0 Å². The number of aliphatic hydroxyl groups is 1. The Morgan fingerprint density at radius 3 is 2.86 bits per heavy atom. The van der Waals surface area contributed by atoms with Gasteiger partial charge < -0.3 is 5.11 Å². The monoisotopic (exact) mass is 318 g/mol. The molecule has 14 heavy (non-hydrogen) atoms. The number of fused-ring (bicyclic) bond motifs is 1. The van der Waals surface area contributed by atoms with Crippen molar-refractivity contribution >= 4 is 44.0 Å². The fourth-order valence-corrected chi connectivity index (χ4v) is 3.95. The molecule has 0 aliphatic heterocycles. The number of hydrogen-bond donors (Lipinski definition) is 1. The van der Waals surface area contributed by atoms with Gasteiger partial charge in [-0.3, -0.25) is 0 Å². The average Bonchev–Trinajstić information content (AvgIpc) is 2.55. The quantitative estimate of drug-likeness (QED) is 0.840. The SMILES string of the molecule is CCc1cccc2sc(CO)c(I)c12. The number of aryl methyl sites for hydroxylation is 1. The van der Waals surface area contributed by atoms with E-state index >= 15 is 0 Å². The molecule has 1 aromatic carbocycles. The normalized spacial score (nSPS) is 11.1. The summed E-state index contributed by atoms with van der Waals surface area (Å²) in [4.78, 5) is 1.08. The van der Waals surface area contributed by atoms with Crippen LogP contribution >= 0.6 is 33.9 Å². The average molecular weight is 318 g/mol. The van der Waals surface area contributed by atoms with Gasteiger partial charge in [0.15, 0.2) is 0 Å². The highest BCUT2D eigenvalue weighted by Crippen LogP contribution is 2.34. The van der Waals surface area contributed by atoms with Gasteiger partial charge in [0.1, 0.15) is 0 Å². The van der Waals surface area contributed by atoms with E-state index in [1.165, 1.54) is 19.2 Å². The van der Waals surface area contributed by atoms with Crippen molar-refractivity contribution in [3.05, 3.63) is 32.2 Å². The van der Waals surface area contributed by atoms with Crippen LogP contribution in [0.1, 0.15) is 17.4 Å². The van der Waals surface area contributed by atoms with E-state index in [2.05, 4.69) is 47.7 Å². The molecule has 0 saturated heterocycles. The predicted molar refractivity (Wildman–Crippen MR) is 69.8 cm³/mol. The molecule has 1 N–H and O–H groups in total. The van der Waals surface area contributed by atoms with E-state index in [9.17, 15) is 5.11 Å². The molecule has 1 aromatic heterocycles. The summed E-state index contributed by atoms with van der Waals surface area (Å²) in [5.41, 5.74) is 1.38. The van der Waals surface area contributed by atoms with Crippen LogP contribution in [0.2, 0.25) is 0 Å². The summed E-state index contributed by atoms with van der Waals surface area (Å²) in [5, 5.41) is 10.5. The first-order valence-corrected chi connectivity index (χ1v) is 6.47. The predicted octanol–water partition coefficient (Wildman–Crippen LogP) is 3.56. The highest BCUT2D eigenvalue weighted by molar-refractivity contribution is 14.1. The maximum atomic E-state index is 9.19. The molecule has 0 fully saturated rings. The molecular formula is C11H11IOS.